The summed E-state index contributed by atoms with van der Waals surface area (Å²) in [6.07, 6.45) is 1.46. The lowest BCUT2D eigenvalue weighted by Crippen LogP contribution is -2.46. The van der Waals surface area contributed by atoms with E-state index in [4.69, 9.17) is 4.42 Å². The zero-order valence-corrected chi connectivity index (χ0v) is 14.0. The summed E-state index contributed by atoms with van der Waals surface area (Å²) < 4.78 is 7.38. The molecule has 122 valence electrons. The van der Waals surface area contributed by atoms with E-state index in [1.54, 1.807) is 0 Å². The van der Waals surface area contributed by atoms with Gasteiger partial charge in [-0.1, -0.05) is 11.3 Å². The van der Waals surface area contributed by atoms with Crippen LogP contribution in [-0.4, -0.2) is 62.7 Å². The highest BCUT2D eigenvalue weighted by Crippen LogP contribution is 2.40. The summed E-state index contributed by atoms with van der Waals surface area (Å²) in [5.41, 5.74) is 0. The van der Waals surface area contributed by atoms with E-state index in [2.05, 4.69) is 26.9 Å². The molecular weight excluding hydrogens is 314 g/mol. The Kier molecular flexibility index (Phi) is 3.59. The fourth-order valence-electron chi connectivity index (χ4n) is 3.03. The van der Waals surface area contributed by atoms with Crippen LogP contribution in [0.4, 0.5) is 0 Å². The Morgan fingerprint density at radius 1 is 1.26 bits per heavy atom. The summed E-state index contributed by atoms with van der Waals surface area (Å²) in [7, 11) is 2.13. The number of aryl methyl sites for hydroxylation is 1. The molecule has 0 bridgehead atoms. The summed E-state index contributed by atoms with van der Waals surface area (Å²) in [6, 6.07) is 3.85. The molecule has 0 spiro atoms. The summed E-state index contributed by atoms with van der Waals surface area (Å²) in [5, 5.41) is 14.7. The standard InChI is InChI=1S/C15H19N5O2S/c1-10-3-4-11(22-10)12(19-7-5-18(2)6-8-19)13-14(21)20-15(23-13)16-9-17-20/h3-4,9,12,21H,5-8H2,1-2H3/t12-/m0/s1. The van der Waals surface area contributed by atoms with Crippen molar-refractivity contribution in [3.63, 3.8) is 0 Å². The van der Waals surface area contributed by atoms with Crippen molar-refractivity contribution in [2.75, 3.05) is 33.2 Å². The third-order valence-corrected chi connectivity index (χ3v) is 5.41. The predicted molar refractivity (Wildman–Crippen MR) is 86.9 cm³/mol. The summed E-state index contributed by atoms with van der Waals surface area (Å²) in [6.45, 7) is 5.78. The summed E-state index contributed by atoms with van der Waals surface area (Å²) in [4.78, 5) is 10.4. The highest BCUT2D eigenvalue weighted by Gasteiger charge is 2.32. The number of thiazole rings is 1. The third kappa shape index (κ3) is 2.52. The predicted octanol–water partition coefficient (Wildman–Crippen LogP) is 1.73. The van der Waals surface area contributed by atoms with E-state index in [1.807, 2.05) is 19.1 Å². The van der Waals surface area contributed by atoms with Gasteiger partial charge in [-0.3, -0.25) is 4.90 Å². The van der Waals surface area contributed by atoms with Gasteiger partial charge < -0.3 is 14.4 Å². The molecule has 0 aromatic carbocycles. The molecule has 1 saturated heterocycles. The number of hydrogen-bond acceptors (Lipinski definition) is 7. The minimum atomic E-state index is -0.106. The molecule has 8 heteroatoms. The lowest BCUT2D eigenvalue weighted by molar-refractivity contribution is 0.117. The van der Waals surface area contributed by atoms with Crippen LogP contribution in [0.5, 0.6) is 5.88 Å². The lowest BCUT2D eigenvalue weighted by Gasteiger charge is -2.36. The maximum absolute atomic E-state index is 10.6. The van der Waals surface area contributed by atoms with Crippen molar-refractivity contribution in [1.29, 1.82) is 0 Å². The van der Waals surface area contributed by atoms with Crippen LogP contribution in [0.15, 0.2) is 22.9 Å². The molecule has 1 atom stereocenters. The molecule has 0 aliphatic carbocycles. The number of furan rings is 1. The molecule has 1 fully saturated rings. The van der Waals surface area contributed by atoms with Gasteiger partial charge in [0.15, 0.2) is 0 Å². The topological polar surface area (TPSA) is 70.0 Å². The molecule has 4 rings (SSSR count). The molecule has 1 aliphatic heterocycles. The number of likely N-dealkylation sites (N-methyl/N-ethyl adjacent to an activating group) is 1. The minimum absolute atomic E-state index is 0.106. The van der Waals surface area contributed by atoms with Crippen LogP contribution in [0.3, 0.4) is 0 Å². The van der Waals surface area contributed by atoms with Crippen LogP contribution in [0.25, 0.3) is 4.96 Å². The first-order valence-corrected chi connectivity index (χ1v) is 8.45. The Morgan fingerprint density at radius 2 is 2.04 bits per heavy atom. The van der Waals surface area contributed by atoms with Gasteiger partial charge in [0, 0.05) is 26.2 Å². The third-order valence-electron chi connectivity index (χ3n) is 4.32. The maximum atomic E-state index is 10.6. The van der Waals surface area contributed by atoms with Crippen molar-refractivity contribution in [3.8, 4) is 5.88 Å². The Bertz CT molecular complexity index is 815. The van der Waals surface area contributed by atoms with Crippen molar-refractivity contribution in [2.24, 2.45) is 0 Å². The number of rotatable bonds is 3. The van der Waals surface area contributed by atoms with Crippen LogP contribution >= 0.6 is 11.3 Å². The van der Waals surface area contributed by atoms with E-state index in [-0.39, 0.29) is 11.9 Å². The van der Waals surface area contributed by atoms with Crippen LogP contribution < -0.4 is 0 Å². The van der Waals surface area contributed by atoms with Gasteiger partial charge in [-0.05, 0) is 26.1 Å². The quantitative estimate of drug-likeness (QED) is 0.787. The number of piperazine rings is 1. The molecule has 4 heterocycles. The Labute approximate surface area is 137 Å². The summed E-state index contributed by atoms with van der Waals surface area (Å²) >= 11 is 1.46. The highest BCUT2D eigenvalue weighted by molar-refractivity contribution is 7.17. The smallest absolute Gasteiger partial charge is 0.230 e. The molecule has 1 N–H and O–H groups in total. The van der Waals surface area contributed by atoms with Gasteiger partial charge in [0.05, 0.1) is 4.88 Å². The van der Waals surface area contributed by atoms with Crippen LogP contribution in [0.2, 0.25) is 0 Å². The lowest BCUT2D eigenvalue weighted by atomic mass is 10.1. The fraction of sp³-hybridized carbons (Fsp3) is 0.467. The number of hydrogen-bond donors (Lipinski definition) is 1. The Morgan fingerprint density at radius 3 is 2.70 bits per heavy atom. The first-order valence-electron chi connectivity index (χ1n) is 7.64. The summed E-state index contributed by atoms with van der Waals surface area (Å²) in [5.74, 6) is 1.88. The number of nitrogens with zero attached hydrogens (tertiary/aromatic N) is 5. The maximum Gasteiger partial charge on any atom is 0.230 e. The van der Waals surface area contributed by atoms with Gasteiger partial charge in [0.25, 0.3) is 0 Å². The molecular formula is C15H19N5O2S. The largest absolute Gasteiger partial charge is 0.492 e. The molecule has 0 unspecified atom stereocenters. The minimum Gasteiger partial charge on any atom is -0.492 e. The van der Waals surface area contributed by atoms with Crippen molar-refractivity contribution in [3.05, 3.63) is 34.9 Å². The Hall–Kier alpha value is -1.90. The zero-order chi connectivity index (χ0) is 16.0. The second-order valence-corrected chi connectivity index (χ2v) is 6.94. The highest BCUT2D eigenvalue weighted by atomic mass is 32.1. The molecule has 3 aromatic rings. The van der Waals surface area contributed by atoms with Crippen molar-refractivity contribution in [1.82, 2.24) is 24.4 Å². The second kappa shape index (κ2) is 5.63. The molecule has 23 heavy (non-hydrogen) atoms. The van der Waals surface area contributed by atoms with Gasteiger partial charge in [-0.2, -0.15) is 9.61 Å². The number of aromatic hydroxyl groups is 1. The van der Waals surface area contributed by atoms with Gasteiger partial charge in [0.2, 0.25) is 10.8 Å². The monoisotopic (exact) mass is 333 g/mol. The van der Waals surface area contributed by atoms with E-state index in [0.29, 0.717) is 4.96 Å². The SMILES string of the molecule is Cc1ccc([C@@H](c2sc3ncnn3c2O)N2CCN(C)CC2)o1. The van der Waals surface area contributed by atoms with Crippen LogP contribution in [0.1, 0.15) is 22.4 Å². The van der Waals surface area contributed by atoms with Gasteiger partial charge in [-0.25, -0.2) is 4.98 Å². The van der Waals surface area contributed by atoms with Crippen LogP contribution in [-0.2, 0) is 0 Å². The molecule has 7 nitrogen and oxygen atoms in total. The van der Waals surface area contributed by atoms with Crippen molar-refractivity contribution in [2.45, 2.75) is 13.0 Å². The molecule has 3 aromatic heterocycles. The average Bonchev–Trinajstić information content (AvgIpc) is 3.22. The van der Waals surface area contributed by atoms with Crippen molar-refractivity contribution >= 4 is 16.3 Å². The first-order chi connectivity index (χ1) is 11.1. The van der Waals surface area contributed by atoms with Crippen LogP contribution in [0, 0.1) is 6.92 Å². The number of aromatic nitrogens is 3. The average molecular weight is 333 g/mol. The zero-order valence-electron chi connectivity index (χ0n) is 13.1. The van der Waals surface area contributed by atoms with Gasteiger partial charge in [-0.15, -0.1) is 0 Å². The van der Waals surface area contributed by atoms with Gasteiger partial charge >= 0.3 is 0 Å². The molecule has 0 saturated carbocycles. The number of fused-ring (bicyclic) bond motifs is 1. The van der Waals surface area contributed by atoms with Crippen molar-refractivity contribution < 1.29 is 9.52 Å². The van der Waals surface area contributed by atoms with E-state index >= 15 is 0 Å². The van der Waals surface area contributed by atoms with E-state index in [9.17, 15) is 5.11 Å². The molecule has 0 amide bonds. The van der Waals surface area contributed by atoms with E-state index in [0.717, 1.165) is 42.6 Å². The van der Waals surface area contributed by atoms with E-state index in [1.165, 1.54) is 22.2 Å². The molecule has 1 aliphatic rings. The Balaban J connectivity index is 1.78. The van der Waals surface area contributed by atoms with E-state index < -0.39 is 0 Å². The van der Waals surface area contributed by atoms with Gasteiger partial charge in [0.1, 0.15) is 23.9 Å². The molecule has 0 radical (unpaired) electrons. The normalized spacial score (nSPS) is 18.7. The second-order valence-electron chi connectivity index (χ2n) is 5.93. The fourth-order valence-corrected chi connectivity index (χ4v) is 4.10. The first kappa shape index (κ1) is 14.7.